The third-order valence-corrected chi connectivity index (χ3v) is 5.91. The van der Waals surface area contributed by atoms with Gasteiger partial charge < -0.3 is 4.90 Å². The van der Waals surface area contributed by atoms with Gasteiger partial charge in [0.25, 0.3) is 5.91 Å². The van der Waals surface area contributed by atoms with E-state index in [1.807, 2.05) is 28.8 Å². The van der Waals surface area contributed by atoms with Gasteiger partial charge in [0.05, 0.1) is 10.6 Å². The maximum Gasteiger partial charge on any atom is 0.256 e. The standard InChI is InChI=1S/C20H22ClNOS/c1-20(2,3)15-10-8-14(9-11-15)19-22(12-13-24-19)18(23)16-6-4-5-7-17(16)21/h4-11,19H,12-13H2,1-3H3. The molecule has 2 aromatic rings. The Morgan fingerprint density at radius 1 is 1.12 bits per heavy atom. The molecule has 0 aromatic heterocycles. The van der Waals surface area contributed by atoms with Crippen molar-refractivity contribution in [3.63, 3.8) is 0 Å². The van der Waals surface area contributed by atoms with Gasteiger partial charge in [0, 0.05) is 12.3 Å². The van der Waals surface area contributed by atoms with E-state index in [1.54, 1.807) is 12.1 Å². The van der Waals surface area contributed by atoms with Gasteiger partial charge in [-0.1, -0.05) is 68.8 Å². The van der Waals surface area contributed by atoms with Gasteiger partial charge in [0.2, 0.25) is 0 Å². The Morgan fingerprint density at radius 2 is 1.79 bits per heavy atom. The van der Waals surface area contributed by atoms with Crippen LogP contribution in [-0.2, 0) is 5.41 Å². The minimum atomic E-state index is 0.00972. The lowest BCUT2D eigenvalue weighted by atomic mass is 9.86. The molecule has 1 amide bonds. The van der Waals surface area contributed by atoms with Crippen molar-refractivity contribution in [1.29, 1.82) is 0 Å². The molecule has 1 fully saturated rings. The van der Waals surface area contributed by atoms with Crippen LogP contribution >= 0.6 is 23.4 Å². The summed E-state index contributed by atoms with van der Waals surface area (Å²) in [7, 11) is 0. The summed E-state index contributed by atoms with van der Waals surface area (Å²) in [4.78, 5) is 14.8. The molecule has 1 aliphatic rings. The average molecular weight is 360 g/mol. The summed E-state index contributed by atoms with van der Waals surface area (Å²) in [5, 5.41) is 0.573. The van der Waals surface area contributed by atoms with E-state index in [0.717, 1.165) is 12.3 Å². The van der Waals surface area contributed by atoms with Crippen molar-refractivity contribution in [1.82, 2.24) is 4.90 Å². The fourth-order valence-corrected chi connectivity index (χ4v) is 4.36. The molecule has 24 heavy (non-hydrogen) atoms. The maximum absolute atomic E-state index is 12.9. The lowest BCUT2D eigenvalue weighted by molar-refractivity contribution is 0.0760. The molecule has 2 nitrogen and oxygen atoms in total. The van der Waals surface area contributed by atoms with Gasteiger partial charge in [-0.2, -0.15) is 0 Å². The number of thioether (sulfide) groups is 1. The van der Waals surface area contributed by atoms with Crippen LogP contribution in [-0.4, -0.2) is 23.1 Å². The second-order valence-corrected chi connectivity index (χ2v) is 8.67. The average Bonchev–Trinajstić information content (AvgIpc) is 3.03. The molecule has 4 heteroatoms. The van der Waals surface area contributed by atoms with Crippen molar-refractivity contribution in [2.24, 2.45) is 0 Å². The first kappa shape index (κ1) is 17.4. The second kappa shape index (κ2) is 6.81. The highest BCUT2D eigenvalue weighted by Gasteiger charge is 2.32. The second-order valence-electron chi connectivity index (χ2n) is 7.07. The third-order valence-electron chi connectivity index (χ3n) is 4.32. The van der Waals surface area contributed by atoms with E-state index in [0.29, 0.717) is 10.6 Å². The molecule has 3 rings (SSSR count). The number of hydrogen-bond acceptors (Lipinski definition) is 2. The molecule has 1 atom stereocenters. The highest BCUT2D eigenvalue weighted by atomic mass is 35.5. The smallest absolute Gasteiger partial charge is 0.256 e. The van der Waals surface area contributed by atoms with Gasteiger partial charge in [-0.15, -0.1) is 11.8 Å². The molecule has 0 saturated carbocycles. The number of carbonyl (C=O) groups is 1. The van der Waals surface area contributed by atoms with Crippen LogP contribution in [0.15, 0.2) is 48.5 Å². The first-order valence-electron chi connectivity index (χ1n) is 8.15. The zero-order valence-electron chi connectivity index (χ0n) is 14.3. The van der Waals surface area contributed by atoms with Gasteiger partial charge in [-0.05, 0) is 28.7 Å². The van der Waals surface area contributed by atoms with Crippen molar-refractivity contribution in [3.05, 3.63) is 70.2 Å². The Morgan fingerprint density at radius 3 is 2.42 bits per heavy atom. The van der Waals surface area contributed by atoms with Crippen LogP contribution in [0.2, 0.25) is 5.02 Å². The molecule has 1 heterocycles. The highest BCUT2D eigenvalue weighted by Crippen LogP contribution is 2.39. The van der Waals surface area contributed by atoms with Gasteiger partial charge in [0.15, 0.2) is 0 Å². The zero-order valence-corrected chi connectivity index (χ0v) is 15.8. The number of halogens is 1. The molecular weight excluding hydrogens is 338 g/mol. The predicted molar refractivity (Wildman–Crippen MR) is 103 cm³/mol. The molecule has 0 N–H and O–H groups in total. The first-order valence-corrected chi connectivity index (χ1v) is 9.58. The molecule has 0 bridgehead atoms. The van der Waals surface area contributed by atoms with E-state index in [2.05, 4.69) is 45.0 Å². The number of carbonyl (C=O) groups excluding carboxylic acids is 1. The normalized spacial score (nSPS) is 18.0. The molecule has 1 saturated heterocycles. The summed E-state index contributed by atoms with van der Waals surface area (Å²) >= 11 is 8.02. The van der Waals surface area contributed by atoms with Crippen LogP contribution in [0.1, 0.15) is 47.6 Å². The molecule has 0 aliphatic carbocycles. The summed E-state index contributed by atoms with van der Waals surface area (Å²) in [6.45, 7) is 7.37. The number of nitrogens with zero attached hydrogens (tertiary/aromatic N) is 1. The van der Waals surface area contributed by atoms with Crippen LogP contribution in [0.3, 0.4) is 0 Å². The zero-order chi connectivity index (χ0) is 17.3. The Kier molecular flexibility index (Phi) is 4.93. The van der Waals surface area contributed by atoms with E-state index in [1.165, 1.54) is 11.1 Å². The summed E-state index contributed by atoms with van der Waals surface area (Å²) in [6.07, 6.45) is 0. The summed E-state index contributed by atoms with van der Waals surface area (Å²) in [6, 6.07) is 15.9. The molecule has 1 unspecified atom stereocenters. The Balaban J connectivity index is 1.86. The third kappa shape index (κ3) is 3.47. The van der Waals surface area contributed by atoms with Crippen molar-refractivity contribution in [2.75, 3.05) is 12.3 Å². The Labute approximate surface area is 153 Å². The van der Waals surface area contributed by atoms with Gasteiger partial charge in [0.1, 0.15) is 5.37 Å². The van der Waals surface area contributed by atoms with Gasteiger partial charge in [-0.25, -0.2) is 0 Å². The molecule has 1 aliphatic heterocycles. The lowest BCUT2D eigenvalue weighted by Gasteiger charge is -2.26. The van der Waals surface area contributed by atoms with E-state index in [9.17, 15) is 4.79 Å². The number of hydrogen-bond donors (Lipinski definition) is 0. The van der Waals surface area contributed by atoms with Crippen LogP contribution in [0.5, 0.6) is 0 Å². The molecular formula is C20H22ClNOS. The highest BCUT2D eigenvalue weighted by molar-refractivity contribution is 7.99. The topological polar surface area (TPSA) is 20.3 Å². The molecule has 0 spiro atoms. The summed E-state index contributed by atoms with van der Waals surface area (Å²) < 4.78 is 0. The monoisotopic (exact) mass is 359 g/mol. The van der Waals surface area contributed by atoms with E-state index in [-0.39, 0.29) is 16.7 Å². The van der Waals surface area contributed by atoms with E-state index >= 15 is 0 Å². The van der Waals surface area contributed by atoms with Crippen molar-refractivity contribution in [2.45, 2.75) is 31.6 Å². The van der Waals surface area contributed by atoms with Crippen LogP contribution < -0.4 is 0 Å². The molecule has 126 valence electrons. The quantitative estimate of drug-likeness (QED) is 0.703. The first-order chi connectivity index (χ1) is 11.4. The van der Waals surface area contributed by atoms with Gasteiger partial charge >= 0.3 is 0 Å². The summed E-state index contributed by atoms with van der Waals surface area (Å²) in [5.41, 5.74) is 3.19. The minimum Gasteiger partial charge on any atom is -0.322 e. The minimum absolute atomic E-state index is 0.00972. The van der Waals surface area contributed by atoms with Crippen molar-refractivity contribution >= 4 is 29.3 Å². The van der Waals surface area contributed by atoms with Crippen LogP contribution in [0, 0.1) is 0 Å². The predicted octanol–water partition coefficient (Wildman–Crippen LogP) is 5.53. The fourth-order valence-electron chi connectivity index (χ4n) is 2.89. The van der Waals surface area contributed by atoms with Gasteiger partial charge in [-0.3, -0.25) is 4.79 Å². The van der Waals surface area contributed by atoms with Crippen LogP contribution in [0.4, 0.5) is 0 Å². The van der Waals surface area contributed by atoms with Crippen LogP contribution in [0.25, 0.3) is 0 Å². The SMILES string of the molecule is CC(C)(C)c1ccc(C2SCCN2C(=O)c2ccccc2Cl)cc1. The number of rotatable bonds is 2. The van der Waals surface area contributed by atoms with E-state index < -0.39 is 0 Å². The van der Waals surface area contributed by atoms with Crippen molar-refractivity contribution in [3.8, 4) is 0 Å². The molecule has 0 radical (unpaired) electrons. The Bertz CT molecular complexity index is 736. The fraction of sp³-hybridized carbons (Fsp3) is 0.350. The Hall–Kier alpha value is -1.45. The number of amides is 1. The largest absolute Gasteiger partial charge is 0.322 e. The maximum atomic E-state index is 12.9. The lowest BCUT2D eigenvalue weighted by Crippen LogP contribution is -2.30. The number of benzene rings is 2. The summed E-state index contributed by atoms with van der Waals surface area (Å²) in [5.74, 6) is 0.956. The molecule has 2 aromatic carbocycles. The van der Waals surface area contributed by atoms with E-state index in [4.69, 9.17) is 11.6 Å². The van der Waals surface area contributed by atoms with Crippen molar-refractivity contribution < 1.29 is 4.79 Å².